The Balaban J connectivity index is 1.67. The first kappa shape index (κ1) is 12.6. The normalized spacial score (nSPS) is 32.7. The number of hydrogen-bond acceptors (Lipinski definition) is 3. The number of rotatable bonds is 3. The molecule has 2 bridgehead atoms. The molecule has 1 N–H and O–H groups in total. The van der Waals surface area contributed by atoms with E-state index in [0.29, 0.717) is 6.04 Å². The van der Waals surface area contributed by atoms with Crippen molar-refractivity contribution >= 4 is 11.3 Å². The molecule has 0 spiro atoms. The van der Waals surface area contributed by atoms with Gasteiger partial charge in [-0.25, -0.2) is 0 Å². The summed E-state index contributed by atoms with van der Waals surface area (Å²) in [5.74, 6) is 0.890. The summed E-state index contributed by atoms with van der Waals surface area (Å²) < 4.78 is 0. The molecular weight excluding hydrogens is 240 g/mol. The Morgan fingerprint density at radius 3 is 2.83 bits per heavy atom. The summed E-state index contributed by atoms with van der Waals surface area (Å²) in [5.41, 5.74) is 1.51. The lowest BCUT2D eigenvalue weighted by atomic mass is 9.93. The number of hydrogen-bond donors (Lipinski definition) is 1. The molecule has 3 heterocycles. The molecular formula is C15H24N2S. The van der Waals surface area contributed by atoms with Gasteiger partial charge in [0.1, 0.15) is 0 Å². The third kappa shape index (κ3) is 2.36. The molecule has 2 nitrogen and oxygen atoms in total. The lowest BCUT2D eigenvalue weighted by molar-refractivity contribution is 0.212. The standard InChI is InChI=1S/C15H24N2S/c1-10-8-14(12(3)18-10)11(2)16-15-5-7-17-6-4-13(15)9-17/h8,11,13,15-16H,4-7,9H2,1-3H3. The van der Waals surface area contributed by atoms with Crippen molar-refractivity contribution in [3.63, 3.8) is 0 Å². The maximum Gasteiger partial charge on any atom is 0.0305 e. The van der Waals surface area contributed by atoms with Crippen LogP contribution in [0.1, 0.15) is 41.1 Å². The van der Waals surface area contributed by atoms with Gasteiger partial charge in [0.05, 0.1) is 0 Å². The highest BCUT2D eigenvalue weighted by atomic mass is 32.1. The third-order valence-electron chi connectivity index (χ3n) is 4.64. The van der Waals surface area contributed by atoms with Crippen LogP contribution >= 0.6 is 11.3 Å². The highest BCUT2D eigenvalue weighted by Crippen LogP contribution is 2.31. The van der Waals surface area contributed by atoms with E-state index < -0.39 is 0 Å². The minimum absolute atomic E-state index is 0.507. The van der Waals surface area contributed by atoms with Crippen LogP contribution in [0.15, 0.2) is 6.07 Å². The van der Waals surface area contributed by atoms with Gasteiger partial charge in [-0.3, -0.25) is 0 Å². The van der Waals surface area contributed by atoms with Gasteiger partial charge in [-0.05, 0) is 64.3 Å². The van der Waals surface area contributed by atoms with Gasteiger partial charge in [0.15, 0.2) is 0 Å². The average Bonchev–Trinajstić information content (AvgIpc) is 2.87. The Labute approximate surface area is 114 Å². The van der Waals surface area contributed by atoms with E-state index in [9.17, 15) is 0 Å². The Bertz CT molecular complexity index is 426. The summed E-state index contributed by atoms with van der Waals surface area (Å²) in [6.07, 6.45) is 2.73. The fraction of sp³-hybridized carbons (Fsp3) is 0.733. The van der Waals surface area contributed by atoms with Crippen LogP contribution in [0.3, 0.4) is 0 Å². The second-order valence-electron chi connectivity index (χ2n) is 6.00. The molecule has 2 saturated heterocycles. The van der Waals surface area contributed by atoms with E-state index in [-0.39, 0.29) is 0 Å². The highest BCUT2D eigenvalue weighted by Gasteiger charge is 2.34. The molecule has 3 heteroatoms. The first-order valence-electron chi connectivity index (χ1n) is 7.19. The van der Waals surface area contributed by atoms with E-state index in [1.54, 1.807) is 0 Å². The van der Waals surface area contributed by atoms with Crippen molar-refractivity contribution in [2.24, 2.45) is 5.92 Å². The Morgan fingerprint density at radius 2 is 2.11 bits per heavy atom. The van der Waals surface area contributed by atoms with Gasteiger partial charge >= 0.3 is 0 Å². The summed E-state index contributed by atoms with van der Waals surface area (Å²) in [6.45, 7) is 10.7. The van der Waals surface area contributed by atoms with E-state index >= 15 is 0 Å². The molecule has 2 fully saturated rings. The number of thiophene rings is 1. The monoisotopic (exact) mass is 264 g/mol. The molecule has 0 amide bonds. The summed E-state index contributed by atoms with van der Waals surface area (Å²) in [4.78, 5) is 5.54. The minimum Gasteiger partial charge on any atom is -0.307 e. The van der Waals surface area contributed by atoms with E-state index in [1.165, 1.54) is 47.8 Å². The molecule has 0 aliphatic carbocycles. The van der Waals surface area contributed by atoms with Gasteiger partial charge in [-0.2, -0.15) is 0 Å². The fourth-order valence-corrected chi connectivity index (χ4v) is 4.68. The molecule has 2 aliphatic heterocycles. The zero-order valence-electron chi connectivity index (χ0n) is 11.7. The SMILES string of the molecule is Cc1cc(C(C)NC2CCN3CCC2C3)c(C)s1. The number of aryl methyl sites for hydroxylation is 2. The smallest absolute Gasteiger partial charge is 0.0305 e. The lowest BCUT2D eigenvalue weighted by Crippen LogP contribution is -2.44. The van der Waals surface area contributed by atoms with Crippen molar-refractivity contribution in [1.29, 1.82) is 0 Å². The van der Waals surface area contributed by atoms with Gasteiger partial charge in [0.25, 0.3) is 0 Å². The molecule has 1 aromatic heterocycles. The maximum atomic E-state index is 3.90. The molecule has 4 unspecified atom stereocenters. The number of fused-ring (bicyclic) bond motifs is 2. The van der Waals surface area contributed by atoms with Gasteiger partial charge in [0, 0.05) is 28.4 Å². The Kier molecular flexibility index (Phi) is 3.48. The zero-order valence-corrected chi connectivity index (χ0v) is 12.5. The van der Waals surface area contributed by atoms with Crippen LogP contribution in [-0.2, 0) is 0 Å². The second-order valence-corrected chi connectivity index (χ2v) is 7.46. The zero-order chi connectivity index (χ0) is 12.7. The van der Waals surface area contributed by atoms with Gasteiger partial charge in [0.2, 0.25) is 0 Å². The van der Waals surface area contributed by atoms with E-state index in [1.807, 2.05) is 11.3 Å². The predicted molar refractivity (Wildman–Crippen MR) is 78.3 cm³/mol. The molecule has 4 atom stereocenters. The second kappa shape index (κ2) is 4.95. The fourth-order valence-electron chi connectivity index (χ4n) is 3.66. The van der Waals surface area contributed by atoms with Gasteiger partial charge in [-0.1, -0.05) is 0 Å². The van der Waals surface area contributed by atoms with Crippen LogP contribution in [-0.4, -0.2) is 30.6 Å². The predicted octanol–water partition coefficient (Wildman–Crippen LogP) is 3.11. The molecule has 2 aliphatic rings. The van der Waals surface area contributed by atoms with Crippen LogP contribution < -0.4 is 5.32 Å². The maximum absolute atomic E-state index is 3.90. The largest absolute Gasteiger partial charge is 0.307 e. The Morgan fingerprint density at radius 1 is 1.33 bits per heavy atom. The average molecular weight is 264 g/mol. The van der Waals surface area contributed by atoms with Crippen molar-refractivity contribution in [2.45, 2.75) is 45.7 Å². The lowest BCUT2D eigenvalue weighted by Gasteiger charge is -2.33. The topological polar surface area (TPSA) is 15.3 Å². The van der Waals surface area contributed by atoms with Crippen molar-refractivity contribution in [3.05, 3.63) is 21.4 Å². The van der Waals surface area contributed by atoms with E-state index in [0.717, 1.165) is 12.0 Å². The Hall–Kier alpha value is -0.380. The van der Waals surface area contributed by atoms with Gasteiger partial charge < -0.3 is 10.2 Å². The van der Waals surface area contributed by atoms with Crippen molar-refractivity contribution in [3.8, 4) is 0 Å². The quantitative estimate of drug-likeness (QED) is 0.902. The minimum atomic E-state index is 0.507. The number of piperidine rings is 1. The van der Waals surface area contributed by atoms with Crippen molar-refractivity contribution in [2.75, 3.05) is 19.6 Å². The summed E-state index contributed by atoms with van der Waals surface area (Å²) >= 11 is 1.93. The molecule has 3 rings (SSSR count). The van der Waals surface area contributed by atoms with Crippen LogP contribution in [0.2, 0.25) is 0 Å². The highest BCUT2D eigenvalue weighted by molar-refractivity contribution is 7.12. The molecule has 1 aromatic rings. The number of nitrogens with zero attached hydrogens (tertiary/aromatic N) is 1. The van der Waals surface area contributed by atoms with Crippen molar-refractivity contribution < 1.29 is 0 Å². The third-order valence-corrected chi connectivity index (χ3v) is 5.63. The first-order chi connectivity index (χ1) is 8.63. The van der Waals surface area contributed by atoms with Crippen LogP contribution in [0.25, 0.3) is 0 Å². The summed E-state index contributed by atoms with van der Waals surface area (Å²) in [6, 6.07) is 3.60. The molecule has 100 valence electrons. The van der Waals surface area contributed by atoms with Crippen LogP contribution in [0, 0.1) is 19.8 Å². The first-order valence-corrected chi connectivity index (χ1v) is 8.00. The molecule has 0 radical (unpaired) electrons. The van der Waals surface area contributed by atoms with E-state index in [4.69, 9.17) is 0 Å². The molecule has 0 aromatic carbocycles. The number of nitrogens with one attached hydrogen (secondary N) is 1. The van der Waals surface area contributed by atoms with Crippen LogP contribution in [0.4, 0.5) is 0 Å². The van der Waals surface area contributed by atoms with E-state index in [2.05, 4.69) is 37.1 Å². The molecule has 0 saturated carbocycles. The van der Waals surface area contributed by atoms with Gasteiger partial charge in [-0.15, -0.1) is 11.3 Å². The van der Waals surface area contributed by atoms with Crippen molar-refractivity contribution in [1.82, 2.24) is 10.2 Å². The van der Waals surface area contributed by atoms with Crippen LogP contribution in [0.5, 0.6) is 0 Å². The molecule has 18 heavy (non-hydrogen) atoms. The summed E-state index contributed by atoms with van der Waals surface area (Å²) in [5, 5.41) is 3.90. The summed E-state index contributed by atoms with van der Waals surface area (Å²) in [7, 11) is 0.